The molecule has 0 amide bonds. The summed E-state index contributed by atoms with van der Waals surface area (Å²) >= 11 is 3.05. The summed E-state index contributed by atoms with van der Waals surface area (Å²) in [7, 11) is 0. The summed E-state index contributed by atoms with van der Waals surface area (Å²) in [6.07, 6.45) is -2.55. The van der Waals surface area contributed by atoms with Gasteiger partial charge in [-0.25, -0.2) is 8.78 Å². The molecule has 1 heterocycles. The highest BCUT2D eigenvalue weighted by atomic mass is 79.9. The second-order valence-corrected chi connectivity index (χ2v) is 3.20. The zero-order chi connectivity index (χ0) is 10.0. The Morgan fingerprint density at radius 2 is 2.23 bits per heavy atom. The van der Waals surface area contributed by atoms with E-state index in [9.17, 15) is 13.6 Å². The van der Waals surface area contributed by atoms with Gasteiger partial charge in [0.05, 0.1) is 0 Å². The van der Waals surface area contributed by atoms with Crippen molar-refractivity contribution in [2.75, 3.05) is 0 Å². The Balaban J connectivity index is 3.31. The van der Waals surface area contributed by atoms with Gasteiger partial charge in [-0.15, -0.1) is 0 Å². The van der Waals surface area contributed by atoms with Gasteiger partial charge in [0, 0.05) is 22.2 Å². The third kappa shape index (κ3) is 2.15. The van der Waals surface area contributed by atoms with Gasteiger partial charge in [0.2, 0.25) is 0 Å². The molecule has 0 atom stereocenters. The first-order valence-corrected chi connectivity index (χ1v) is 4.75. The summed E-state index contributed by atoms with van der Waals surface area (Å²) in [4.78, 5) is 13.5. The molecule has 1 aromatic heterocycles. The summed E-state index contributed by atoms with van der Waals surface area (Å²) < 4.78 is 24.7. The van der Waals surface area contributed by atoms with Crippen LogP contribution in [0.2, 0.25) is 0 Å². The van der Waals surface area contributed by atoms with Gasteiger partial charge in [-0.2, -0.15) is 0 Å². The van der Waals surface area contributed by atoms with Gasteiger partial charge in [0.15, 0.2) is 0 Å². The fourth-order valence-electron chi connectivity index (χ4n) is 1.01. The van der Waals surface area contributed by atoms with Crippen LogP contribution in [0.25, 0.3) is 0 Å². The predicted octanol–water partition coefficient (Wildman–Crippen LogP) is 2.52. The molecule has 72 valence electrons. The standard InChI is InChI=1S/C8H8BrF2NO/c1-4-6(7(10)11)2-5(3-9)8(13)12-4/h2,7H,3H2,1H3,(H,12,13). The normalized spacial score (nSPS) is 10.8. The van der Waals surface area contributed by atoms with E-state index >= 15 is 0 Å². The molecule has 1 N–H and O–H groups in total. The second kappa shape index (κ2) is 4.00. The number of aryl methyl sites for hydroxylation is 1. The maximum Gasteiger partial charge on any atom is 0.265 e. The third-order valence-electron chi connectivity index (χ3n) is 1.73. The molecule has 13 heavy (non-hydrogen) atoms. The molecule has 0 saturated heterocycles. The van der Waals surface area contributed by atoms with Crippen LogP contribution in [0.15, 0.2) is 10.9 Å². The first kappa shape index (κ1) is 10.4. The van der Waals surface area contributed by atoms with E-state index in [-0.39, 0.29) is 22.1 Å². The zero-order valence-electron chi connectivity index (χ0n) is 6.90. The highest BCUT2D eigenvalue weighted by Crippen LogP contribution is 2.21. The van der Waals surface area contributed by atoms with Gasteiger partial charge in [-0.3, -0.25) is 4.79 Å². The molecule has 1 aromatic rings. The molecule has 0 radical (unpaired) electrons. The fraction of sp³-hybridized carbons (Fsp3) is 0.375. The number of hydrogen-bond acceptors (Lipinski definition) is 1. The highest BCUT2D eigenvalue weighted by molar-refractivity contribution is 9.08. The molecule has 0 aliphatic carbocycles. The molecule has 0 spiro atoms. The number of alkyl halides is 3. The van der Waals surface area contributed by atoms with Crippen LogP contribution in [0.5, 0.6) is 0 Å². The van der Waals surface area contributed by atoms with E-state index in [1.54, 1.807) is 0 Å². The Bertz CT molecular complexity index is 362. The van der Waals surface area contributed by atoms with Gasteiger partial charge in [-0.1, -0.05) is 15.9 Å². The maximum absolute atomic E-state index is 12.3. The predicted molar refractivity (Wildman–Crippen MR) is 49.4 cm³/mol. The number of nitrogens with one attached hydrogen (secondary N) is 1. The number of hydrogen-bond donors (Lipinski definition) is 1. The molecule has 1 rings (SSSR count). The van der Waals surface area contributed by atoms with E-state index in [2.05, 4.69) is 20.9 Å². The zero-order valence-corrected chi connectivity index (χ0v) is 8.49. The number of aromatic nitrogens is 1. The molecule has 0 aromatic carbocycles. The molecule has 0 fully saturated rings. The van der Waals surface area contributed by atoms with Crippen molar-refractivity contribution >= 4 is 15.9 Å². The van der Waals surface area contributed by atoms with Gasteiger partial charge in [0.25, 0.3) is 12.0 Å². The van der Waals surface area contributed by atoms with E-state index in [0.29, 0.717) is 5.56 Å². The fourth-order valence-corrected chi connectivity index (χ4v) is 1.43. The lowest BCUT2D eigenvalue weighted by Crippen LogP contribution is -2.14. The van der Waals surface area contributed by atoms with Crippen molar-refractivity contribution in [2.24, 2.45) is 0 Å². The van der Waals surface area contributed by atoms with E-state index in [4.69, 9.17) is 0 Å². The average molecular weight is 252 g/mol. The maximum atomic E-state index is 12.3. The molecule has 0 bridgehead atoms. The minimum absolute atomic E-state index is 0.117. The molecule has 0 aliphatic rings. The lowest BCUT2D eigenvalue weighted by atomic mass is 10.1. The van der Waals surface area contributed by atoms with Crippen LogP contribution in [0.1, 0.15) is 23.2 Å². The largest absolute Gasteiger partial charge is 0.326 e. The summed E-state index contributed by atoms with van der Waals surface area (Å²) in [6.45, 7) is 1.46. The molecular formula is C8H8BrF2NO. The highest BCUT2D eigenvalue weighted by Gasteiger charge is 2.13. The van der Waals surface area contributed by atoms with Crippen molar-refractivity contribution in [1.82, 2.24) is 4.98 Å². The van der Waals surface area contributed by atoms with Gasteiger partial charge in [-0.05, 0) is 13.0 Å². The van der Waals surface area contributed by atoms with Crippen LogP contribution in [0, 0.1) is 6.92 Å². The van der Waals surface area contributed by atoms with Gasteiger partial charge >= 0.3 is 0 Å². The number of rotatable bonds is 2. The summed E-state index contributed by atoms with van der Waals surface area (Å²) in [6, 6.07) is 1.23. The molecule has 2 nitrogen and oxygen atoms in total. The van der Waals surface area contributed by atoms with Gasteiger partial charge in [0.1, 0.15) is 0 Å². The Morgan fingerprint density at radius 3 is 2.69 bits per heavy atom. The summed E-state index contributed by atoms with van der Waals surface area (Å²) in [5.41, 5.74) is 0.110. The summed E-state index contributed by atoms with van der Waals surface area (Å²) in [5, 5.41) is 0.280. The van der Waals surface area contributed by atoms with Crippen LogP contribution in [-0.2, 0) is 5.33 Å². The monoisotopic (exact) mass is 251 g/mol. The van der Waals surface area contributed by atoms with Crippen LogP contribution < -0.4 is 5.56 Å². The first-order chi connectivity index (χ1) is 6.06. The Kier molecular flexibility index (Phi) is 3.19. The minimum Gasteiger partial charge on any atom is -0.326 e. The molecular weight excluding hydrogens is 244 g/mol. The van der Waals surface area contributed by atoms with E-state index in [0.717, 1.165) is 0 Å². The number of H-pyrrole nitrogens is 1. The van der Waals surface area contributed by atoms with Crippen molar-refractivity contribution in [3.63, 3.8) is 0 Å². The number of aromatic amines is 1. The third-order valence-corrected chi connectivity index (χ3v) is 2.34. The molecule has 5 heteroatoms. The van der Waals surface area contributed by atoms with Crippen molar-refractivity contribution in [1.29, 1.82) is 0 Å². The van der Waals surface area contributed by atoms with E-state index < -0.39 is 6.43 Å². The van der Waals surface area contributed by atoms with Gasteiger partial charge < -0.3 is 4.98 Å². The van der Waals surface area contributed by atoms with E-state index in [1.807, 2.05) is 0 Å². The second-order valence-electron chi connectivity index (χ2n) is 2.64. The smallest absolute Gasteiger partial charge is 0.265 e. The lowest BCUT2D eigenvalue weighted by molar-refractivity contribution is 0.150. The van der Waals surface area contributed by atoms with Crippen LogP contribution >= 0.6 is 15.9 Å². The molecule has 0 unspecified atom stereocenters. The SMILES string of the molecule is Cc1[nH]c(=O)c(CBr)cc1C(F)F. The minimum atomic E-state index is -2.55. The Morgan fingerprint density at radius 1 is 1.62 bits per heavy atom. The topological polar surface area (TPSA) is 32.9 Å². The average Bonchev–Trinajstić information content (AvgIpc) is 2.03. The summed E-state index contributed by atoms with van der Waals surface area (Å²) in [5.74, 6) is 0. The lowest BCUT2D eigenvalue weighted by Gasteiger charge is -2.05. The van der Waals surface area contributed by atoms with E-state index in [1.165, 1.54) is 13.0 Å². The van der Waals surface area contributed by atoms with Crippen molar-refractivity contribution in [2.45, 2.75) is 18.7 Å². The van der Waals surface area contributed by atoms with Crippen LogP contribution in [-0.4, -0.2) is 4.98 Å². The Hall–Kier alpha value is -0.710. The quantitative estimate of drug-likeness (QED) is 0.806. The van der Waals surface area contributed by atoms with Crippen molar-refractivity contribution in [3.8, 4) is 0 Å². The van der Waals surface area contributed by atoms with Crippen molar-refractivity contribution < 1.29 is 8.78 Å². The Labute approximate surface area is 82.1 Å². The molecule has 0 aliphatic heterocycles. The number of pyridine rings is 1. The van der Waals surface area contributed by atoms with Crippen molar-refractivity contribution in [3.05, 3.63) is 33.2 Å². The van der Waals surface area contributed by atoms with Crippen LogP contribution in [0.4, 0.5) is 8.78 Å². The first-order valence-electron chi connectivity index (χ1n) is 3.63. The van der Waals surface area contributed by atoms with Crippen LogP contribution in [0.3, 0.4) is 0 Å². The number of halogens is 3. The molecule has 0 saturated carbocycles.